The molecule has 1 aromatic rings. The molecule has 0 radical (unpaired) electrons. The monoisotopic (exact) mass is 224 g/mol. The summed E-state index contributed by atoms with van der Waals surface area (Å²) in [5, 5.41) is 9.61. The molecule has 15 heavy (non-hydrogen) atoms. The molecule has 82 valence electrons. The van der Waals surface area contributed by atoms with Crippen LogP contribution in [0.4, 0.5) is 0 Å². The first-order valence-corrected chi connectivity index (χ1v) is 6.49. The SMILES string of the molecule is c1snnc1CNC1CCN(C2CC2)C1. The quantitative estimate of drug-likeness (QED) is 0.824. The van der Waals surface area contributed by atoms with Crippen molar-refractivity contribution in [2.45, 2.75) is 37.9 Å². The number of nitrogens with one attached hydrogen (secondary N) is 1. The van der Waals surface area contributed by atoms with Crippen molar-refractivity contribution in [3.8, 4) is 0 Å². The second kappa shape index (κ2) is 4.15. The van der Waals surface area contributed by atoms with Crippen LogP contribution in [0.2, 0.25) is 0 Å². The first-order valence-electron chi connectivity index (χ1n) is 5.65. The molecule has 2 aliphatic rings. The Kier molecular flexibility index (Phi) is 2.68. The summed E-state index contributed by atoms with van der Waals surface area (Å²) in [7, 11) is 0. The van der Waals surface area contributed by atoms with E-state index in [1.165, 1.54) is 43.9 Å². The van der Waals surface area contributed by atoms with Crippen molar-refractivity contribution in [2.75, 3.05) is 13.1 Å². The van der Waals surface area contributed by atoms with Gasteiger partial charge in [-0.3, -0.25) is 4.90 Å². The molecule has 0 amide bonds. The van der Waals surface area contributed by atoms with E-state index in [2.05, 4.69) is 19.8 Å². The van der Waals surface area contributed by atoms with Crippen molar-refractivity contribution >= 4 is 11.5 Å². The molecular weight excluding hydrogens is 208 g/mol. The normalized spacial score (nSPS) is 27.3. The summed E-state index contributed by atoms with van der Waals surface area (Å²) in [5.41, 5.74) is 1.07. The topological polar surface area (TPSA) is 41.1 Å². The van der Waals surface area contributed by atoms with Crippen molar-refractivity contribution < 1.29 is 0 Å². The molecule has 0 spiro atoms. The van der Waals surface area contributed by atoms with E-state index in [1.807, 2.05) is 5.38 Å². The van der Waals surface area contributed by atoms with Crippen LogP contribution in [0, 0.1) is 0 Å². The Morgan fingerprint density at radius 1 is 1.47 bits per heavy atom. The summed E-state index contributed by atoms with van der Waals surface area (Å²) < 4.78 is 3.86. The van der Waals surface area contributed by atoms with Gasteiger partial charge in [-0.25, -0.2) is 0 Å². The van der Waals surface area contributed by atoms with Crippen LogP contribution < -0.4 is 5.32 Å². The van der Waals surface area contributed by atoms with Crippen molar-refractivity contribution in [1.82, 2.24) is 19.8 Å². The van der Waals surface area contributed by atoms with Crippen LogP contribution in [0.1, 0.15) is 25.0 Å². The van der Waals surface area contributed by atoms with Gasteiger partial charge in [0.15, 0.2) is 0 Å². The minimum Gasteiger partial charge on any atom is -0.307 e. The van der Waals surface area contributed by atoms with Crippen LogP contribution in [0.3, 0.4) is 0 Å². The summed E-state index contributed by atoms with van der Waals surface area (Å²) in [6.07, 6.45) is 4.12. The fourth-order valence-corrected chi connectivity index (χ4v) is 2.69. The van der Waals surface area contributed by atoms with Crippen LogP contribution in [-0.4, -0.2) is 39.7 Å². The summed E-state index contributed by atoms with van der Waals surface area (Å²) in [6, 6.07) is 1.57. The number of nitrogens with zero attached hydrogens (tertiary/aromatic N) is 3. The maximum absolute atomic E-state index is 4.04. The Morgan fingerprint density at radius 2 is 2.40 bits per heavy atom. The van der Waals surface area contributed by atoms with Gasteiger partial charge in [0.1, 0.15) is 0 Å². The standard InChI is InChI=1S/C10H16N4S/c1-2-10(1)14-4-3-8(6-14)11-5-9-7-15-13-12-9/h7-8,10-11H,1-6H2. The predicted octanol–water partition coefficient (Wildman–Crippen LogP) is 0.864. The Bertz CT molecular complexity index is 309. The molecule has 1 aliphatic carbocycles. The summed E-state index contributed by atoms with van der Waals surface area (Å²) in [6.45, 7) is 3.37. The second-order valence-corrected chi connectivity index (χ2v) is 5.10. The van der Waals surface area contributed by atoms with Crippen molar-refractivity contribution in [2.24, 2.45) is 0 Å². The van der Waals surface area contributed by atoms with Crippen LogP contribution in [0.25, 0.3) is 0 Å². The van der Waals surface area contributed by atoms with Gasteiger partial charge in [0.05, 0.1) is 5.69 Å². The van der Waals surface area contributed by atoms with Gasteiger partial charge in [-0.1, -0.05) is 4.49 Å². The lowest BCUT2D eigenvalue weighted by molar-refractivity contribution is 0.317. The third-order valence-electron chi connectivity index (χ3n) is 3.26. The van der Waals surface area contributed by atoms with E-state index >= 15 is 0 Å². The van der Waals surface area contributed by atoms with Crippen LogP contribution in [0.15, 0.2) is 5.38 Å². The second-order valence-electron chi connectivity index (χ2n) is 4.49. The van der Waals surface area contributed by atoms with Crippen molar-refractivity contribution in [1.29, 1.82) is 0 Å². The molecule has 1 atom stereocenters. The van der Waals surface area contributed by atoms with E-state index in [0.717, 1.165) is 18.3 Å². The third kappa shape index (κ3) is 2.35. The fraction of sp³-hybridized carbons (Fsp3) is 0.800. The largest absolute Gasteiger partial charge is 0.307 e. The van der Waals surface area contributed by atoms with E-state index in [0.29, 0.717) is 6.04 Å². The molecule has 4 nitrogen and oxygen atoms in total. The van der Waals surface area contributed by atoms with E-state index in [1.54, 1.807) is 0 Å². The zero-order valence-electron chi connectivity index (χ0n) is 8.72. The van der Waals surface area contributed by atoms with E-state index in [4.69, 9.17) is 0 Å². The number of hydrogen-bond donors (Lipinski definition) is 1. The summed E-state index contributed by atoms with van der Waals surface area (Å²) >= 11 is 1.43. The number of hydrogen-bond acceptors (Lipinski definition) is 5. The van der Waals surface area contributed by atoms with E-state index in [-0.39, 0.29) is 0 Å². The predicted molar refractivity (Wildman–Crippen MR) is 59.7 cm³/mol. The molecular formula is C10H16N4S. The van der Waals surface area contributed by atoms with Gasteiger partial charge in [0.2, 0.25) is 0 Å². The molecule has 1 saturated heterocycles. The molecule has 2 fully saturated rings. The van der Waals surface area contributed by atoms with Gasteiger partial charge in [-0.05, 0) is 30.8 Å². The molecule has 2 heterocycles. The van der Waals surface area contributed by atoms with E-state index in [9.17, 15) is 0 Å². The minimum atomic E-state index is 0.660. The van der Waals surface area contributed by atoms with Crippen LogP contribution in [0.5, 0.6) is 0 Å². The van der Waals surface area contributed by atoms with E-state index < -0.39 is 0 Å². The molecule has 3 rings (SSSR count). The molecule has 1 saturated carbocycles. The molecule has 5 heteroatoms. The number of aromatic nitrogens is 2. The summed E-state index contributed by atoms with van der Waals surface area (Å²) in [5.74, 6) is 0. The van der Waals surface area contributed by atoms with Gasteiger partial charge >= 0.3 is 0 Å². The molecule has 1 unspecified atom stereocenters. The highest BCUT2D eigenvalue weighted by atomic mass is 32.1. The highest BCUT2D eigenvalue weighted by Gasteiger charge is 2.33. The van der Waals surface area contributed by atoms with Gasteiger partial charge in [-0.15, -0.1) is 5.10 Å². The zero-order valence-corrected chi connectivity index (χ0v) is 9.54. The van der Waals surface area contributed by atoms with Crippen LogP contribution >= 0.6 is 11.5 Å². The first kappa shape index (κ1) is 9.69. The van der Waals surface area contributed by atoms with Crippen molar-refractivity contribution in [3.05, 3.63) is 11.1 Å². The molecule has 1 aliphatic heterocycles. The molecule has 0 bridgehead atoms. The van der Waals surface area contributed by atoms with Gasteiger partial charge in [-0.2, -0.15) is 0 Å². The molecule has 1 N–H and O–H groups in total. The lowest BCUT2D eigenvalue weighted by Crippen LogP contribution is -2.32. The smallest absolute Gasteiger partial charge is 0.0893 e. The van der Waals surface area contributed by atoms with Gasteiger partial charge in [0.25, 0.3) is 0 Å². The fourth-order valence-electron chi connectivity index (χ4n) is 2.24. The van der Waals surface area contributed by atoms with Crippen molar-refractivity contribution in [3.63, 3.8) is 0 Å². The van der Waals surface area contributed by atoms with Crippen LogP contribution in [-0.2, 0) is 6.54 Å². The lowest BCUT2D eigenvalue weighted by Gasteiger charge is -2.15. The Hall–Kier alpha value is -0.520. The zero-order chi connectivity index (χ0) is 10.1. The highest BCUT2D eigenvalue weighted by Crippen LogP contribution is 2.29. The highest BCUT2D eigenvalue weighted by molar-refractivity contribution is 7.03. The van der Waals surface area contributed by atoms with Gasteiger partial charge < -0.3 is 5.32 Å². The maximum atomic E-state index is 4.04. The number of likely N-dealkylation sites (tertiary alicyclic amines) is 1. The summed E-state index contributed by atoms with van der Waals surface area (Å²) in [4.78, 5) is 2.62. The third-order valence-corrected chi connectivity index (χ3v) is 3.81. The Balaban J connectivity index is 1.44. The van der Waals surface area contributed by atoms with Gasteiger partial charge in [0, 0.05) is 37.1 Å². The minimum absolute atomic E-state index is 0.660. The average Bonchev–Trinajstić information content (AvgIpc) is 2.82. The first-order chi connectivity index (χ1) is 7.42. The molecule has 0 aromatic carbocycles. The maximum Gasteiger partial charge on any atom is 0.0893 e. The average molecular weight is 224 g/mol. The molecule has 1 aromatic heterocycles. The Morgan fingerprint density at radius 3 is 3.13 bits per heavy atom. The number of rotatable bonds is 4. The Labute approximate surface area is 93.8 Å². The lowest BCUT2D eigenvalue weighted by atomic mass is 10.2.